The quantitative estimate of drug-likeness (QED) is 0.563. The van der Waals surface area contributed by atoms with E-state index in [1.807, 2.05) is 0 Å². The van der Waals surface area contributed by atoms with Crippen molar-refractivity contribution in [2.45, 2.75) is 18.4 Å². The molecule has 2 fully saturated rings. The number of nitrogens with zero attached hydrogens (tertiary/aromatic N) is 1. The SMILES string of the molecule is CN1CCC2(C1)NCCC2CN. The van der Waals surface area contributed by atoms with Crippen molar-refractivity contribution in [3.05, 3.63) is 0 Å². The Labute approximate surface area is 74.3 Å². The first-order valence-electron chi connectivity index (χ1n) is 4.90. The molecule has 3 heteroatoms. The van der Waals surface area contributed by atoms with Crippen LogP contribution in [-0.2, 0) is 0 Å². The molecule has 2 saturated heterocycles. The van der Waals surface area contributed by atoms with Crippen LogP contribution in [0.1, 0.15) is 12.8 Å². The molecule has 2 atom stereocenters. The van der Waals surface area contributed by atoms with Crippen molar-refractivity contribution in [3.63, 3.8) is 0 Å². The lowest BCUT2D eigenvalue weighted by molar-refractivity contribution is 0.277. The van der Waals surface area contributed by atoms with Crippen LogP contribution >= 0.6 is 0 Å². The smallest absolute Gasteiger partial charge is 0.0361 e. The average molecular weight is 169 g/mol. The summed E-state index contributed by atoms with van der Waals surface area (Å²) in [5, 5.41) is 3.64. The molecule has 0 aliphatic carbocycles. The third kappa shape index (κ3) is 1.16. The Hall–Kier alpha value is -0.120. The van der Waals surface area contributed by atoms with Crippen LogP contribution in [0.3, 0.4) is 0 Å². The van der Waals surface area contributed by atoms with Crippen LogP contribution in [0.15, 0.2) is 0 Å². The molecular formula is C9H19N3. The summed E-state index contributed by atoms with van der Waals surface area (Å²) < 4.78 is 0. The molecule has 0 aromatic heterocycles. The Morgan fingerprint density at radius 2 is 2.50 bits per heavy atom. The predicted octanol–water partition coefficient (Wildman–Crippen LogP) is -0.371. The second kappa shape index (κ2) is 2.98. The van der Waals surface area contributed by atoms with Gasteiger partial charge in [-0.3, -0.25) is 0 Å². The fraction of sp³-hybridized carbons (Fsp3) is 1.00. The van der Waals surface area contributed by atoms with Crippen LogP contribution in [0.25, 0.3) is 0 Å². The Bertz CT molecular complexity index is 171. The number of likely N-dealkylation sites (tertiary alicyclic amines) is 1. The summed E-state index contributed by atoms with van der Waals surface area (Å²) in [5.41, 5.74) is 6.15. The molecular weight excluding hydrogens is 150 g/mol. The predicted molar refractivity (Wildman–Crippen MR) is 50.0 cm³/mol. The normalized spacial score (nSPS) is 43.0. The maximum absolute atomic E-state index is 5.78. The van der Waals surface area contributed by atoms with Gasteiger partial charge in [0.2, 0.25) is 0 Å². The van der Waals surface area contributed by atoms with Gasteiger partial charge in [-0.05, 0) is 45.4 Å². The highest BCUT2D eigenvalue weighted by atomic mass is 15.2. The molecule has 70 valence electrons. The highest BCUT2D eigenvalue weighted by molar-refractivity contribution is 5.05. The molecule has 0 amide bonds. The number of rotatable bonds is 1. The number of nitrogens with one attached hydrogen (secondary N) is 1. The van der Waals surface area contributed by atoms with E-state index >= 15 is 0 Å². The number of hydrogen-bond donors (Lipinski definition) is 2. The molecule has 3 nitrogen and oxygen atoms in total. The van der Waals surface area contributed by atoms with E-state index < -0.39 is 0 Å². The van der Waals surface area contributed by atoms with Gasteiger partial charge >= 0.3 is 0 Å². The molecule has 2 unspecified atom stereocenters. The largest absolute Gasteiger partial charge is 0.330 e. The summed E-state index contributed by atoms with van der Waals surface area (Å²) in [6, 6.07) is 0. The average Bonchev–Trinajstić information content (AvgIpc) is 2.60. The van der Waals surface area contributed by atoms with Crippen molar-refractivity contribution in [2.24, 2.45) is 11.7 Å². The summed E-state index contributed by atoms with van der Waals surface area (Å²) in [7, 11) is 2.20. The molecule has 12 heavy (non-hydrogen) atoms. The Morgan fingerprint density at radius 3 is 3.08 bits per heavy atom. The van der Waals surface area contributed by atoms with Crippen molar-refractivity contribution in [1.82, 2.24) is 10.2 Å². The minimum atomic E-state index is 0.378. The fourth-order valence-corrected chi connectivity index (χ4v) is 2.77. The lowest BCUT2D eigenvalue weighted by Gasteiger charge is -2.30. The van der Waals surface area contributed by atoms with Gasteiger partial charge < -0.3 is 16.0 Å². The van der Waals surface area contributed by atoms with Crippen molar-refractivity contribution in [3.8, 4) is 0 Å². The van der Waals surface area contributed by atoms with Crippen LogP contribution in [-0.4, -0.2) is 43.7 Å². The fourth-order valence-electron chi connectivity index (χ4n) is 2.77. The Morgan fingerprint density at radius 1 is 1.67 bits per heavy atom. The lowest BCUT2D eigenvalue weighted by atomic mass is 9.85. The molecule has 3 N–H and O–H groups in total. The summed E-state index contributed by atoms with van der Waals surface area (Å²) in [5.74, 6) is 0.711. The molecule has 0 bridgehead atoms. The molecule has 0 aromatic carbocycles. The molecule has 1 spiro atoms. The first-order valence-corrected chi connectivity index (χ1v) is 4.90. The highest BCUT2D eigenvalue weighted by Gasteiger charge is 2.45. The monoisotopic (exact) mass is 169 g/mol. The molecule has 2 aliphatic heterocycles. The van der Waals surface area contributed by atoms with Crippen molar-refractivity contribution >= 4 is 0 Å². The maximum Gasteiger partial charge on any atom is 0.0361 e. The van der Waals surface area contributed by atoms with Crippen LogP contribution in [0.4, 0.5) is 0 Å². The van der Waals surface area contributed by atoms with Gasteiger partial charge in [-0.1, -0.05) is 0 Å². The minimum absolute atomic E-state index is 0.378. The van der Waals surface area contributed by atoms with E-state index in [1.165, 1.54) is 25.9 Å². The van der Waals surface area contributed by atoms with E-state index in [-0.39, 0.29) is 0 Å². The van der Waals surface area contributed by atoms with Crippen LogP contribution in [0.2, 0.25) is 0 Å². The zero-order chi connectivity index (χ0) is 8.60. The molecule has 2 aliphatic rings. The summed E-state index contributed by atoms with van der Waals surface area (Å²) >= 11 is 0. The topological polar surface area (TPSA) is 41.3 Å². The van der Waals surface area contributed by atoms with Gasteiger partial charge in [0.1, 0.15) is 0 Å². The third-order valence-electron chi connectivity index (χ3n) is 3.53. The zero-order valence-electron chi connectivity index (χ0n) is 7.84. The van der Waals surface area contributed by atoms with E-state index in [9.17, 15) is 0 Å². The molecule has 0 radical (unpaired) electrons. The summed E-state index contributed by atoms with van der Waals surface area (Å²) in [4.78, 5) is 2.40. The third-order valence-corrected chi connectivity index (χ3v) is 3.53. The van der Waals surface area contributed by atoms with E-state index in [2.05, 4.69) is 17.3 Å². The van der Waals surface area contributed by atoms with Gasteiger partial charge in [0.25, 0.3) is 0 Å². The Balaban J connectivity index is 2.09. The van der Waals surface area contributed by atoms with Crippen molar-refractivity contribution in [2.75, 3.05) is 33.2 Å². The van der Waals surface area contributed by atoms with Gasteiger partial charge in [-0.2, -0.15) is 0 Å². The van der Waals surface area contributed by atoms with E-state index in [4.69, 9.17) is 5.73 Å². The number of nitrogens with two attached hydrogens (primary N) is 1. The first-order chi connectivity index (χ1) is 5.77. The van der Waals surface area contributed by atoms with E-state index in [0.29, 0.717) is 11.5 Å². The van der Waals surface area contributed by atoms with Crippen LogP contribution < -0.4 is 11.1 Å². The van der Waals surface area contributed by atoms with Crippen molar-refractivity contribution < 1.29 is 0 Å². The Kier molecular flexibility index (Phi) is 2.10. The van der Waals surface area contributed by atoms with Crippen LogP contribution in [0, 0.1) is 5.92 Å². The summed E-state index contributed by atoms with van der Waals surface area (Å²) in [6.45, 7) is 4.43. The van der Waals surface area contributed by atoms with Gasteiger partial charge in [0.05, 0.1) is 0 Å². The van der Waals surface area contributed by atoms with Gasteiger partial charge in [0, 0.05) is 12.1 Å². The standard InChI is InChI=1S/C9H19N3/c1-12-5-3-9(7-12)8(6-10)2-4-11-9/h8,11H,2-7,10H2,1H3. The number of hydrogen-bond acceptors (Lipinski definition) is 3. The van der Waals surface area contributed by atoms with E-state index in [1.54, 1.807) is 0 Å². The first kappa shape index (κ1) is 8.48. The van der Waals surface area contributed by atoms with Gasteiger partial charge in [-0.15, -0.1) is 0 Å². The zero-order valence-corrected chi connectivity index (χ0v) is 7.84. The molecule has 0 aromatic rings. The summed E-state index contributed by atoms with van der Waals surface area (Å²) in [6.07, 6.45) is 2.55. The molecule has 2 rings (SSSR count). The lowest BCUT2D eigenvalue weighted by Crippen LogP contribution is -2.49. The molecule has 0 saturated carbocycles. The maximum atomic E-state index is 5.78. The molecule has 2 heterocycles. The highest BCUT2D eigenvalue weighted by Crippen LogP contribution is 2.33. The van der Waals surface area contributed by atoms with Gasteiger partial charge in [0.15, 0.2) is 0 Å². The minimum Gasteiger partial charge on any atom is -0.330 e. The second-order valence-electron chi connectivity index (χ2n) is 4.29. The van der Waals surface area contributed by atoms with Gasteiger partial charge in [-0.25, -0.2) is 0 Å². The van der Waals surface area contributed by atoms with Crippen LogP contribution in [0.5, 0.6) is 0 Å². The number of likely N-dealkylation sites (N-methyl/N-ethyl adjacent to an activating group) is 1. The van der Waals surface area contributed by atoms with Crippen molar-refractivity contribution in [1.29, 1.82) is 0 Å². The van der Waals surface area contributed by atoms with E-state index in [0.717, 1.165) is 13.1 Å². The second-order valence-corrected chi connectivity index (χ2v) is 4.29.